The molecule has 1 aromatic rings. The first-order chi connectivity index (χ1) is 8.26. The summed E-state index contributed by atoms with van der Waals surface area (Å²) in [5.74, 6) is 1.18. The Balaban J connectivity index is 2.79. The predicted octanol–water partition coefficient (Wildman–Crippen LogP) is 2.23. The van der Waals surface area contributed by atoms with Gasteiger partial charge in [-0.25, -0.2) is 9.97 Å². The number of hydrogen-bond donors (Lipinski definition) is 2. The Hall–Kier alpha value is -1.36. The number of nitrogens with one attached hydrogen (secondary N) is 1. The van der Waals surface area contributed by atoms with Gasteiger partial charge >= 0.3 is 0 Å². The van der Waals surface area contributed by atoms with Crippen LogP contribution in [0.3, 0.4) is 0 Å². The number of hydrogen-bond acceptors (Lipinski definition) is 5. The quantitative estimate of drug-likeness (QED) is 0.813. The normalized spacial score (nSPS) is 12.3. The molecular formula is C13H23N3O2. The summed E-state index contributed by atoms with van der Waals surface area (Å²) in [4.78, 5) is 8.17. The molecule has 5 heteroatoms. The second kappa shape index (κ2) is 5.52. The van der Waals surface area contributed by atoms with Gasteiger partial charge in [0.05, 0.1) is 17.7 Å². The van der Waals surface area contributed by atoms with Gasteiger partial charge in [-0.3, -0.25) is 0 Å². The maximum atomic E-state index is 10.1. The van der Waals surface area contributed by atoms with Crippen molar-refractivity contribution in [2.24, 2.45) is 0 Å². The minimum Gasteiger partial charge on any atom is -0.478 e. The summed E-state index contributed by atoms with van der Waals surface area (Å²) in [6, 6.07) is 1.74. The van der Waals surface area contributed by atoms with Gasteiger partial charge < -0.3 is 15.2 Å². The molecule has 0 fully saturated rings. The lowest BCUT2D eigenvalue weighted by molar-refractivity contribution is 0.0238. The third-order valence-corrected chi connectivity index (χ3v) is 3.07. The van der Waals surface area contributed by atoms with E-state index >= 15 is 0 Å². The van der Waals surface area contributed by atoms with E-state index in [0.717, 1.165) is 6.42 Å². The Kier molecular flexibility index (Phi) is 4.51. The highest BCUT2D eigenvalue weighted by molar-refractivity contribution is 5.40. The lowest BCUT2D eigenvalue weighted by Crippen LogP contribution is -2.51. The Morgan fingerprint density at radius 3 is 2.50 bits per heavy atom. The third-order valence-electron chi connectivity index (χ3n) is 3.07. The van der Waals surface area contributed by atoms with E-state index in [0.29, 0.717) is 18.3 Å². The van der Waals surface area contributed by atoms with E-state index < -0.39 is 11.1 Å². The maximum absolute atomic E-state index is 10.1. The van der Waals surface area contributed by atoms with Gasteiger partial charge in [0.25, 0.3) is 0 Å². The highest BCUT2D eigenvalue weighted by Gasteiger charge is 2.35. The smallest absolute Gasteiger partial charge is 0.218 e. The van der Waals surface area contributed by atoms with Crippen molar-refractivity contribution in [3.63, 3.8) is 0 Å². The molecule has 0 saturated heterocycles. The van der Waals surface area contributed by atoms with Crippen molar-refractivity contribution < 1.29 is 9.84 Å². The second-order valence-electron chi connectivity index (χ2n) is 5.40. The van der Waals surface area contributed by atoms with Gasteiger partial charge in [0.15, 0.2) is 0 Å². The number of rotatable bonds is 6. The van der Waals surface area contributed by atoms with Crippen molar-refractivity contribution in [3.05, 3.63) is 12.4 Å². The summed E-state index contributed by atoms with van der Waals surface area (Å²) >= 11 is 0. The van der Waals surface area contributed by atoms with Crippen molar-refractivity contribution in [2.45, 2.75) is 52.2 Å². The van der Waals surface area contributed by atoms with Crippen LogP contribution in [0, 0.1) is 0 Å². The molecule has 0 aliphatic heterocycles. The summed E-state index contributed by atoms with van der Waals surface area (Å²) in [6.45, 7) is 10.0. The van der Waals surface area contributed by atoms with Crippen molar-refractivity contribution in [1.29, 1.82) is 0 Å². The van der Waals surface area contributed by atoms with E-state index in [2.05, 4.69) is 15.3 Å². The van der Waals surface area contributed by atoms with E-state index in [9.17, 15) is 5.11 Å². The van der Waals surface area contributed by atoms with Gasteiger partial charge in [0.2, 0.25) is 5.88 Å². The van der Waals surface area contributed by atoms with Crippen LogP contribution in [-0.4, -0.2) is 32.8 Å². The first-order valence-electron chi connectivity index (χ1n) is 6.21. The zero-order valence-corrected chi connectivity index (χ0v) is 11.8. The number of aliphatic hydroxyl groups is 1. The Labute approximate surface area is 109 Å². The number of nitrogens with zero attached hydrogens (tertiary/aromatic N) is 2. The molecule has 0 aliphatic rings. The molecule has 1 aromatic heterocycles. The topological polar surface area (TPSA) is 67.3 Å². The van der Waals surface area contributed by atoms with Crippen LogP contribution in [0.4, 0.5) is 5.82 Å². The minimum absolute atomic E-state index is 0.511. The van der Waals surface area contributed by atoms with Crippen LogP contribution in [0.25, 0.3) is 0 Å². The fraction of sp³-hybridized carbons (Fsp3) is 0.692. The van der Waals surface area contributed by atoms with Crippen molar-refractivity contribution >= 4 is 5.82 Å². The molecule has 0 unspecified atom stereocenters. The summed E-state index contributed by atoms with van der Waals surface area (Å²) < 4.78 is 5.44. The zero-order valence-electron chi connectivity index (χ0n) is 11.8. The summed E-state index contributed by atoms with van der Waals surface area (Å²) in [5, 5.41) is 13.3. The van der Waals surface area contributed by atoms with Gasteiger partial charge in [0.1, 0.15) is 12.1 Å². The first-order valence-corrected chi connectivity index (χ1v) is 6.21. The SMILES string of the molecule is CCCOc1cc(NC(C)(C)C(C)(C)O)ncn1. The van der Waals surface area contributed by atoms with Crippen LogP contribution in [0.5, 0.6) is 5.88 Å². The number of aromatic nitrogens is 2. The Bertz CT molecular complexity index is 386. The van der Waals surface area contributed by atoms with E-state index in [-0.39, 0.29) is 0 Å². The summed E-state index contributed by atoms with van der Waals surface area (Å²) in [6.07, 6.45) is 2.38. The Morgan fingerprint density at radius 1 is 1.28 bits per heavy atom. The lowest BCUT2D eigenvalue weighted by Gasteiger charge is -2.38. The van der Waals surface area contributed by atoms with Gasteiger partial charge in [-0.1, -0.05) is 6.92 Å². The van der Waals surface area contributed by atoms with Crippen molar-refractivity contribution in [2.75, 3.05) is 11.9 Å². The monoisotopic (exact) mass is 253 g/mol. The van der Waals surface area contributed by atoms with Crippen LogP contribution in [0.1, 0.15) is 41.0 Å². The van der Waals surface area contributed by atoms with Crippen molar-refractivity contribution in [1.82, 2.24) is 9.97 Å². The summed E-state index contributed by atoms with van der Waals surface area (Å²) in [7, 11) is 0. The highest BCUT2D eigenvalue weighted by Crippen LogP contribution is 2.25. The molecule has 0 spiro atoms. The second-order valence-corrected chi connectivity index (χ2v) is 5.40. The molecule has 102 valence electrons. The van der Waals surface area contributed by atoms with Gasteiger partial charge in [-0.2, -0.15) is 0 Å². The molecule has 1 rings (SSSR count). The van der Waals surface area contributed by atoms with E-state index in [1.165, 1.54) is 6.33 Å². The highest BCUT2D eigenvalue weighted by atomic mass is 16.5. The van der Waals surface area contributed by atoms with Crippen LogP contribution in [-0.2, 0) is 0 Å². The van der Waals surface area contributed by atoms with Crippen LogP contribution < -0.4 is 10.1 Å². The Morgan fingerprint density at radius 2 is 1.94 bits per heavy atom. The number of anilines is 1. The molecule has 18 heavy (non-hydrogen) atoms. The molecule has 1 heterocycles. The molecule has 0 saturated carbocycles. The van der Waals surface area contributed by atoms with E-state index in [1.807, 2.05) is 20.8 Å². The predicted molar refractivity (Wildman–Crippen MR) is 71.8 cm³/mol. The van der Waals surface area contributed by atoms with E-state index in [4.69, 9.17) is 4.74 Å². The molecule has 2 N–H and O–H groups in total. The minimum atomic E-state index is -0.873. The maximum Gasteiger partial charge on any atom is 0.218 e. The van der Waals surface area contributed by atoms with Crippen LogP contribution >= 0.6 is 0 Å². The molecule has 5 nitrogen and oxygen atoms in total. The van der Waals surface area contributed by atoms with Gasteiger partial charge in [-0.05, 0) is 34.1 Å². The van der Waals surface area contributed by atoms with Gasteiger partial charge in [0, 0.05) is 6.07 Å². The van der Waals surface area contributed by atoms with Crippen LogP contribution in [0.15, 0.2) is 12.4 Å². The largest absolute Gasteiger partial charge is 0.478 e. The molecule has 0 bridgehead atoms. The fourth-order valence-electron chi connectivity index (χ4n) is 1.17. The van der Waals surface area contributed by atoms with E-state index in [1.54, 1.807) is 19.9 Å². The lowest BCUT2D eigenvalue weighted by atomic mass is 9.86. The standard InChI is InChI=1S/C13H23N3O2/c1-6-7-18-11-8-10(14-9-15-11)16-12(2,3)13(4,5)17/h8-9,17H,6-7H2,1-5H3,(H,14,15,16). The first kappa shape index (κ1) is 14.7. The van der Waals surface area contributed by atoms with Crippen molar-refractivity contribution in [3.8, 4) is 5.88 Å². The average Bonchev–Trinajstić information content (AvgIpc) is 2.24. The number of ether oxygens (including phenoxy) is 1. The molecular weight excluding hydrogens is 230 g/mol. The van der Waals surface area contributed by atoms with Crippen LogP contribution in [0.2, 0.25) is 0 Å². The fourth-order valence-corrected chi connectivity index (χ4v) is 1.17. The van der Waals surface area contributed by atoms with Gasteiger partial charge in [-0.15, -0.1) is 0 Å². The third kappa shape index (κ3) is 3.84. The average molecular weight is 253 g/mol. The molecule has 0 amide bonds. The molecule has 0 atom stereocenters. The zero-order chi connectivity index (χ0) is 13.8. The molecule has 0 aromatic carbocycles. The molecule has 0 aliphatic carbocycles. The summed E-state index contributed by atoms with van der Waals surface area (Å²) in [5.41, 5.74) is -1.38. The molecule has 0 radical (unpaired) electrons.